The van der Waals surface area contributed by atoms with Crippen LogP contribution in [0, 0.1) is 168 Å². The van der Waals surface area contributed by atoms with E-state index in [1.54, 1.807) is 46.9 Å². The van der Waals surface area contributed by atoms with Crippen molar-refractivity contribution in [3.05, 3.63) is 172 Å². The van der Waals surface area contributed by atoms with Crippen LogP contribution in [0.2, 0.25) is 0 Å². The van der Waals surface area contributed by atoms with Gasteiger partial charge < -0.3 is 39.5 Å². The summed E-state index contributed by atoms with van der Waals surface area (Å²) in [6, 6.07) is 40.3. The number of benzene rings is 5. The first-order valence-electron chi connectivity index (χ1n) is 47.3. The molecule has 3 saturated heterocycles. The molecule has 0 unspecified atom stereocenters. The van der Waals surface area contributed by atoms with Crippen molar-refractivity contribution in [3.63, 3.8) is 0 Å². The molecule has 0 radical (unpaired) electrons. The fourth-order valence-corrected chi connectivity index (χ4v) is 11.7. The number of amides is 1. The Morgan fingerprint density at radius 2 is 0.977 bits per heavy atom. The Hall–Kier alpha value is -11.1. The molecule has 0 saturated carbocycles. The van der Waals surface area contributed by atoms with Crippen LogP contribution < -0.4 is 31.5 Å². The Balaban J connectivity index is 0.000000387. The van der Waals surface area contributed by atoms with Gasteiger partial charge in [-0.1, -0.05) is 124 Å². The third-order valence-electron chi connectivity index (χ3n) is 18.4. The molecule has 3 aliphatic rings. The van der Waals surface area contributed by atoms with Crippen LogP contribution in [0.15, 0.2) is 137 Å². The number of imidazole rings is 1. The molecule has 3 fully saturated rings. The molecule has 16 nitrogen and oxygen atoms in total. The summed E-state index contributed by atoms with van der Waals surface area (Å²) >= 11 is 0. The second kappa shape index (κ2) is 55.5. The Kier molecular flexibility index (Phi) is 48.4. The first kappa shape index (κ1) is 116. The van der Waals surface area contributed by atoms with Crippen LogP contribution in [-0.4, -0.2) is 130 Å². The van der Waals surface area contributed by atoms with Crippen LogP contribution in [0.1, 0.15) is 282 Å². The SMILES string of the molecule is CC(=O)NC(C)(C)C#CC(C)(C)C.CC(C)(C)C#CCN1CCNCC1.CC(C)(C)C#CCOC1CCNCC1.CC(C)(C)C#CCn1c(=O)oc2ccccc21.CC(C)(C)C#Cc1ccc(N2CCCCC2)cc1.CC(C)(C)C#Cn1nnc2ccccc21.CCN(CC)c1ccc(C#CC(C)(C)C)cc1.Cc1cc(C#CC(C)(C)C)ccc1F.Cn1cncc1C#CC(C)(C)C. The van der Waals surface area contributed by atoms with Crippen molar-refractivity contribution >= 4 is 39.4 Å². The van der Waals surface area contributed by atoms with Crippen molar-refractivity contribution in [3.8, 4) is 107 Å². The number of fused-ring (bicyclic) bond motifs is 2. The minimum absolute atomic E-state index is 0.0116. The fourth-order valence-electron chi connectivity index (χ4n) is 11.7. The van der Waals surface area contributed by atoms with Gasteiger partial charge in [-0.15, -0.1) is 5.10 Å². The van der Waals surface area contributed by atoms with Crippen LogP contribution in [0.25, 0.3) is 22.1 Å². The molecule has 133 heavy (non-hydrogen) atoms. The maximum atomic E-state index is 12.9. The first-order valence-corrected chi connectivity index (χ1v) is 47.3. The van der Waals surface area contributed by atoms with E-state index < -0.39 is 5.54 Å². The number of ether oxygens (including phenoxy) is 1. The third-order valence-corrected chi connectivity index (χ3v) is 18.4. The zero-order valence-electron chi connectivity index (χ0n) is 88.0. The Morgan fingerprint density at radius 1 is 0.519 bits per heavy atom. The maximum absolute atomic E-state index is 12.9. The smallest absolute Gasteiger partial charge is 0.408 e. The largest absolute Gasteiger partial charge is 0.420 e. The average Bonchev–Trinajstić information content (AvgIpc) is 1.64. The summed E-state index contributed by atoms with van der Waals surface area (Å²) in [5.74, 6) is 52.9. The third kappa shape index (κ3) is 55.8. The van der Waals surface area contributed by atoms with Gasteiger partial charge in [0.05, 0.1) is 42.8 Å². The number of aromatic nitrogens is 6. The normalized spacial score (nSPS) is 13.3. The number of carbonyl (C=O) groups excluding carboxylic acids is 1. The Bertz CT molecular complexity index is 5540. The summed E-state index contributed by atoms with van der Waals surface area (Å²) in [5.41, 5.74) is 10.4. The molecule has 3 aromatic heterocycles. The number of nitrogens with one attached hydrogen (secondary N) is 3. The number of hydrogen-bond acceptors (Lipinski definition) is 12. The van der Waals surface area contributed by atoms with E-state index in [9.17, 15) is 14.0 Å². The van der Waals surface area contributed by atoms with E-state index in [0.717, 1.165) is 111 Å². The molecule has 8 aromatic rings. The number of piperazine rings is 1. The van der Waals surface area contributed by atoms with Gasteiger partial charge in [0.2, 0.25) is 5.91 Å². The van der Waals surface area contributed by atoms with Crippen molar-refractivity contribution in [2.24, 2.45) is 55.8 Å². The molecule has 0 spiro atoms. The van der Waals surface area contributed by atoms with Crippen molar-refractivity contribution in [2.45, 2.75) is 279 Å². The van der Waals surface area contributed by atoms with E-state index in [1.165, 1.54) is 56.7 Å². The molecular formula is C116H163FN12O4. The van der Waals surface area contributed by atoms with Gasteiger partial charge in [0, 0.05) is 149 Å². The fraction of sp³-hybridized carbons (Fsp3) is 0.543. The standard InChI is InChI=1S/C17H23N.C16H23N.C14H15NO2.C13H15F.C12H13N3.C12H21NO.C11H20N2.C11H19NO.C10H14N2/c1-17(2,3)12-11-15-7-9-16(10-8-15)18-13-5-4-6-14-18;1-6-17(7-2)15-10-8-14(9-11-15)12-13-16(3,4)5;1-14(2,3)9-6-10-15-11-7-4-5-8-12(11)17-13(15)16;1-10-9-11(5-6-12(10)14)7-8-13(2,3)4;1-12(2,3)8-9-15-11-7-5-4-6-10(11)13-14-15;1-12(2,3)7-4-10-14-11-5-8-13-9-6-11;1-11(2,3)5-4-8-13-9-6-12-7-10-13;1-9(13)12-11(5,6)8-7-10(2,3)4;1-10(2,3)6-5-9-7-11-8-12(9)4/h7-10H,4-6,13-14H2,1-3H3;8-11H,6-7H2,1-5H3;4-5,7-8H,10H2,1-3H3;5-6,9H,1-4H3;4-7H,1-3H3;11,13H,5-6,8-10H2,1-3H3;12H,6-10H2,1-3H3;1-6H3,(H,12,13);7-8H,1-4H3. The van der Waals surface area contributed by atoms with E-state index in [-0.39, 0.29) is 66.2 Å². The topological polar surface area (TPSA) is 156 Å². The number of hydrogen-bond donors (Lipinski definition) is 3. The number of rotatable bonds is 9. The number of nitrogens with zero attached hydrogens (tertiary/aromatic N) is 9. The van der Waals surface area contributed by atoms with E-state index >= 15 is 0 Å². The van der Waals surface area contributed by atoms with Gasteiger partial charge in [-0.2, -0.15) is 4.68 Å². The lowest BCUT2D eigenvalue weighted by atomic mass is 9.95. The lowest BCUT2D eigenvalue weighted by Crippen LogP contribution is -2.43. The molecule has 3 N–H and O–H groups in total. The molecule has 6 heterocycles. The number of para-hydroxylation sites is 3. The molecular weight excluding hydrogens is 1640 g/mol. The van der Waals surface area contributed by atoms with Gasteiger partial charge in [-0.25, -0.2) is 14.2 Å². The highest BCUT2D eigenvalue weighted by Gasteiger charge is 2.19. The molecule has 0 atom stereocenters. The van der Waals surface area contributed by atoms with Gasteiger partial charge in [-0.05, 0) is 369 Å². The van der Waals surface area contributed by atoms with Crippen LogP contribution in [-0.2, 0) is 23.1 Å². The summed E-state index contributed by atoms with van der Waals surface area (Å²) in [4.78, 5) is 33.6. The molecule has 5 aromatic carbocycles. The van der Waals surface area contributed by atoms with E-state index in [1.807, 2.05) is 109 Å². The van der Waals surface area contributed by atoms with Crippen LogP contribution in [0.4, 0.5) is 15.8 Å². The highest BCUT2D eigenvalue weighted by atomic mass is 19.1. The van der Waals surface area contributed by atoms with Gasteiger partial charge >= 0.3 is 5.76 Å². The monoisotopic (exact) mass is 1810 g/mol. The second-order valence-corrected chi connectivity index (χ2v) is 43.3. The number of halogens is 1. The highest BCUT2D eigenvalue weighted by Crippen LogP contribution is 2.24. The Labute approximate surface area is 804 Å². The first-order chi connectivity index (χ1) is 61.7. The Morgan fingerprint density at radius 3 is 1.47 bits per heavy atom. The molecule has 0 aliphatic carbocycles. The molecule has 17 heteroatoms. The van der Waals surface area contributed by atoms with Gasteiger partial charge in [0.1, 0.15) is 29.2 Å². The van der Waals surface area contributed by atoms with E-state index in [0.29, 0.717) is 30.4 Å². The van der Waals surface area contributed by atoms with Crippen molar-refractivity contribution < 1.29 is 18.3 Å². The van der Waals surface area contributed by atoms with Gasteiger partial charge in [-0.3, -0.25) is 14.3 Å². The molecule has 1 amide bonds. The molecule has 11 rings (SSSR count). The summed E-state index contributed by atoms with van der Waals surface area (Å²) in [7, 11) is 1.94. The number of aryl methyl sites for hydroxylation is 2. The number of carbonyl (C=O) groups is 1. The second-order valence-electron chi connectivity index (χ2n) is 43.3. The quantitative estimate of drug-likeness (QED) is 0.118. The highest BCUT2D eigenvalue weighted by molar-refractivity contribution is 5.75. The summed E-state index contributed by atoms with van der Waals surface area (Å²) in [5, 5.41) is 17.4. The maximum Gasteiger partial charge on any atom is 0.420 e. The predicted molar refractivity (Wildman–Crippen MR) is 561 cm³/mol. The number of oxazole rings is 1. The summed E-state index contributed by atoms with van der Waals surface area (Å²) in [6.45, 7) is 80.9. The van der Waals surface area contributed by atoms with Crippen molar-refractivity contribution in [1.29, 1.82) is 0 Å². The minimum Gasteiger partial charge on any atom is -0.408 e. The minimum atomic E-state index is -0.431. The predicted octanol–water partition coefficient (Wildman–Crippen LogP) is 23.0. The average molecular weight is 1810 g/mol. The summed E-state index contributed by atoms with van der Waals surface area (Å²) in [6.07, 6.45) is 10.2. The number of anilines is 2. The van der Waals surface area contributed by atoms with Crippen LogP contribution in [0.5, 0.6) is 0 Å². The van der Waals surface area contributed by atoms with Gasteiger partial charge in [0.15, 0.2) is 5.58 Å². The molecule has 3 aliphatic heterocycles. The van der Waals surface area contributed by atoms with Crippen LogP contribution >= 0.6 is 0 Å². The summed E-state index contributed by atoms with van der Waals surface area (Å²) < 4.78 is 28.8. The van der Waals surface area contributed by atoms with Crippen molar-refractivity contribution in [2.75, 3.05) is 88.4 Å². The van der Waals surface area contributed by atoms with E-state index in [2.05, 4.69) is 360 Å². The van der Waals surface area contributed by atoms with Gasteiger partial charge in [0.25, 0.3) is 0 Å². The van der Waals surface area contributed by atoms with Crippen molar-refractivity contribution in [1.82, 2.24) is 50.0 Å². The molecule has 718 valence electrons. The van der Waals surface area contributed by atoms with E-state index in [4.69, 9.17) is 9.15 Å². The lowest BCUT2D eigenvalue weighted by molar-refractivity contribution is -0.120. The lowest BCUT2D eigenvalue weighted by Gasteiger charge is -2.28. The van der Waals surface area contributed by atoms with Crippen LogP contribution in [0.3, 0.4) is 0 Å². The zero-order chi connectivity index (χ0) is 100. The number of piperidine rings is 2. The molecule has 0 bridgehead atoms. The zero-order valence-corrected chi connectivity index (χ0v) is 88.0.